The molecular weight excluding hydrogens is 364 g/mol. The zero-order valence-corrected chi connectivity index (χ0v) is 16.2. The number of carboxylic acid groups (broad SMARTS) is 1. The molecule has 0 fully saturated rings. The predicted molar refractivity (Wildman–Crippen MR) is 106 cm³/mol. The molecule has 0 aliphatic carbocycles. The third-order valence-corrected chi connectivity index (χ3v) is 5.10. The maximum absolute atomic E-state index is 12.5. The molecule has 0 aliphatic heterocycles. The summed E-state index contributed by atoms with van der Waals surface area (Å²) in [6.45, 7) is 5.18. The van der Waals surface area contributed by atoms with Crippen LogP contribution in [-0.2, 0) is 9.59 Å². The lowest BCUT2D eigenvalue weighted by Gasteiger charge is -2.13. The van der Waals surface area contributed by atoms with Crippen molar-refractivity contribution in [2.75, 3.05) is 11.9 Å². The number of benzene rings is 2. The van der Waals surface area contributed by atoms with Crippen LogP contribution in [0.2, 0.25) is 0 Å². The Morgan fingerprint density at radius 2 is 1.67 bits per heavy atom. The van der Waals surface area contributed by atoms with E-state index in [1.807, 2.05) is 32.0 Å². The fraction of sp³-hybridized carbons (Fsp3) is 0.250. The average Bonchev–Trinajstić information content (AvgIpc) is 2.63. The Kier molecular flexibility index (Phi) is 7.01. The van der Waals surface area contributed by atoms with Crippen molar-refractivity contribution in [3.63, 3.8) is 0 Å². The quantitative estimate of drug-likeness (QED) is 0.635. The number of rotatable bonds is 7. The second-order valence-electron chi connectivity index (χ2n) is 6.09. The molecule has 2 aromatic carbocycles. The number of hydrogen-bond acceptors (Lipinski definition) is 4. The van der Waals surface area contributed by atoms with Gasteiger partial charge in [0.05, 0.1) is 12.1 Å². The van der Waals surface area contributed by atoms with Gasteiger partial charge in [0.15, 0.2) is 0 Å². The molecule has 2 aromatic rings. The molecule has 7 heteroatoms. The first kappa shape index (κ1) is 20.5. The Morgan fingerprint density at radius 3 is 2.30 bits per heavy atom. The summed E-state index contributed by atoms with van der Waals surface area (Å²) in [4.78, 5) is 36.3. The Bertz CT molecular complexity index is 847. The van der Waals surface area contributed by atoms with Crippen molar-refractivity contribution in [1.82, 2.24) is 5.32 Å². The van der Waals surface area contributed by atoms with Crippen molar-refractivity contribution in [3.8, 4) is 0 Å². The van der Waals surface area contributed by atoms with Gasteiger partial charge in [-0.15, -0.1) is 11.8 Å². The van der Waals surface area contributed by atoms with Gasteiger partial charge in [-0.2, -0.15) is 0 Å². The first-order valence-corrected chi connectivity index (χ1v) is 9.30. The van der Waals surface area contributed by atoms with Crippen LogP contribution in [0.1, 0.15) is 28.4 Å². The number of carbonyl (C=O) groups excluding carboxylic acids is 2. The van der Waals surface area contributed by atoms with E-state index in [-0.39, 0.29) is 12.5 Å². The highest BCUT2D eigenvalue weighted by molar-refractivity contribution is 8.00. The van der Waals surface area contributed by atoms with Crippen LogP contribution in [0, 0.1) is 13.8 Å². The van der Waals surface area contributed by atoms with Gasteiger partial charge in [-0.05, 0) is 44.0 Å². The van der Waals surface area contributed by atoms with Crippen molar-refractivity contribution < 1.29 is 19.5 Å². The predicted octanol–water partition coefficient (Wildman–Crippen LogP) is 3.24. The summed E-state index contributed by atoms with van der Waals surface area (Å²) in [7, 11) is 0. The van der Waals surface area contributed by atoms with E-state index in [0.717, 1.165) is 28.6 Å². The minimum atomic E-state index is -0.955. The Balaban J connectivity index is 2.01. The van der Waals surface area contributed by atoms with Gasteiger partial charge in [-0.25, -0.2) is 0 Å². The average molecular weight is 386 g/mol. The van der Waals surface area contributed by atoms with Crippen LogP contribution in [0.15, 0.2) is 47.4 Å². The highest BCUT2D eigenvalue weighted by Crippen LogP contribution is 2.27. The van der Waals surface area contributed by atoms with Gasteiger partial charge < -0.3 is 15.7 Å². The zero-order chi connectivity index (χ0) is 20.0. The van der Waals surface area contributed by atoms with Crippen LogP contribution < -0.4 is 10.6 Å². The molecule has 3 N–H and O–H groups in total. The van der Waals surface area contributed by atoms with Gasteiger partial charge in [-0.1, -0.05) is 30.3 Å². The third kappa shape index (κ3) is 5.59. The molecule has 1 atom stereocenters. The van der Waals surface area contributed by atoms with Crippen LogP contribution in [-0.4, -0.2) is 34.7 Å². The molecule has 0 aliphatic rings. The summed E-state index contributed by atoms with van der Waals surface area (Å²) < 4.78 is 0. The molecular formula is C20H22N2O4S. The van der Waals surface area contributed by atoms with Crippen molar-refractivity contribution >= 4 is 35.2 Å². The molecule has 2 rings (SSSR count). The van der Waals surface area contributed by atoms with E-state index in [4.69, 9.17) is 5.11 Å². The minimum Gasteiger partial charge on any atom is -0.480 e. The maximum atomic E-state index is 12.5. The molecule has 0 saturated heterocycles. The zero-order valence-electron chi connectivity index (χ0n) is 15.4. The van der Waals surface area contributed by atoms with Crippen molar-refractivity contribution in [3.05, 3.63) is 59.2 Å². The van der Waals surface area contributed by atoms with E-state index >= 15 is 0 Å². The molecule has 1 unspecified atom stereocenters. The van der Waals surface area contributed by atoms with E-state index in [1.54, 1.807) is 31.2 Å². The molecule has 0 aromatic heterocycles. The third-order valence-electron chi connectivity index (χ3n) is 3.94. The summed E-state index contributed by atoms with van der Waals surface area (Å²) in [5.74, 6) is -1.71. The number of aryl methyl sites for hydroxylation is 2. The molecule has 2 amide bonds. The normalized spacial score (nSPS) is 11.5. The number of aliphatic carboxylic acids is 1. The fourth-order valence-electron chi connectivity index (χ4n) is 2.45. The van der Waals surface area contributed by atoms with Gasteiger partial charge >= 0.3 is 5.97 Å². The molecule has 0 spiro atoms. The lowest BCUT2D eigenvalue weighted by Crippen LogP contribution is -2.33. The first-order valence-electron chi connectivity index (χ1n) is 8.42. The maximum Gasteiger partial charge on any atom is 0.316 e. The van der Waals surface area contributed by atoms with Gasteiger partial charge in [0.1, 0.15) is 5.25 Å². The molecule has 0 saturated carbocycles. The van der Waals surface area contributed by atoms with E-state index in [9.17, 15) is 14.4 Å². The lowest BCUT2D eigenvalue weighted by molar-refractivity contribution is -0.136. The number of hydrogen-bond donors (Lipinski definition) is 3. The second-order valence-corrected chi connectivity index (χ2v) is 7.47. The Hall–Kier alpha value is -2.80. The van der Waals surface area contributed by atoms with Crippen LogP contribution in [0.4, 0.5) is 5.69 Å². The first-order chi connectivity index (χ1) is 12.8. The summed E-state index contributed by atoms with van der Waals surface area (Å²) >= 11 is 1.09. The van der Waals surface area contributed by atoms with Crippen LogP contribution in [0.3, 0.4) is 0 Å². The van der Waals surface area contributed by atoms with E-state index < -0.39 is 17.1 Å². The molecule has 6 nitrogen and oxygen atoms in total. The van der Waals surface area contributed by atoms with Gasteiger partial charge in [-0.3, -0.25) is 14.4 Å². The minimum absolute atomic E-state index is 0.180. The molecule has 0 heterocycles. The van der Waals surface area contributed by atoms with E-state index in [2.05, 4.69) is 10.6 Å². The number of para-hydroxylation sites is 1. The highest BCUT2D eigenvalue weighted by Gasteiger charge is 2.18. The standard InChI is InChI=1S/C20H22N2O4S/c1-12-7-6-8-13(2)18(12)22-17(23)11-21-19(24)15-9-4-5-10-16(15)27-14(3)20(25)26/h4-10,14H,11H2,1-3H3,(H,21,24)(H,22,23)(H,25,26). The number of amides is 2. The summed E-state index contributed by atoms with van der Waals surface area (Å²) in [6, 6.07) is 12.4. The van der Waals surface area contributed by atoms with E-state index in [1.165, 1.54) is 0 Å². The fourth-order valence-corrected chi connectivity index (χ4v) is 3.38. The molecule has 27 heavy (non-hydrogen) atoms. The summed E-state index contributed by atoms with van der Waals surface area (Å²) in [6.07, 6.45) is 0. The van der Waals surface area contributed by atoms with Gasteiger partial charge in [0.25, 0.3) is 5.91 Å². The Morgan fingerprint density at radius 1 is 1.04 bits per heavy atom. The molecule has 142 valence electrons. The topological polar surface area (TPSA) is 95.5 Å². The van der Waals surface area contributed by atoms with Gasteiger partial charge in [0, 0.05) is 10.6 Å². The largest absolute Gasteiger partial charge is 0.480 e. The number of nitrogens with one attached hydrogen (secondary N) is 2. The monoisotopic (exact) mass is 386 g/mol. The summed E-state index contributed by atoms with van der Waals surface area (Å²) in [5, 5.41) is 13.8. The molecule has 0 bridgehead atoms. The number of carboxylic acids is 1. The second kappa shape index (κ2) is 9.23. The van der Waals surface area contributed by atoms with E-state index in [0.29, 0.717) is 10.5 Å². The van der Waals surface area contributed by atoms with Crippen molar-refractivity contribution in [2.24, 2.45) is 0 Å². The SMILES string of the molecule is Cc1cccc(C)c1NC(=O)CNC(=O)c1ccccc1SC(C)C(=O)O. The lowest BCUT2D eigenvalue weighted by atomic mass is 10.1. The highest BCUT2D eigenvalue weighted by atomic mass is 32.2. The number of anilines is 1. The summed E-state index contributed by atoms with van der Waals surface area (Å²) in [5.41, 5.74) is 2.97. The number of thioether (sulfide) groups is 1. The van der Waals surface area contributed by atoms with Crippen LogP contribution in [0.25, 0.3) is 0 Å². The number of carbonyl (C=O) groups is 3. The van der Waals surface area contributed by atoms with Crippen molar-refractivity contribution in [1.29, 1.82) is 0 Å². The van der Waals surface area contributed by atoms with Gasteiger partial charge in [0.2, 0.25) is 5.91 Å². The van der Waals surface area contributed by atoms with Crippen LogP contribution >= 0.6 is 11.8 Å². The smallest absolute Gasteiger partial charge is 0.316 e. The molecule has 0 radical (unpaired) electrons. The Labute approximate surface area is 162 Å². The van der Waals surface area contributed by atoms with Crippen molar-refractivity contribution in [2.45, 2.75) is 30.9 Å². The van der Waals surface area contributed by atoms with Crippen LogP contribution in [0.5, 0.6) is 0 Å².